The minimum Gasteiger partial charge on any atom is -0.396 e. The van der Waals surface area contributed by atoms with E-state index in [4.69, 9.17) is 5.11 Å². The van der Waals surface area contributed by atoms with Gasteiger partial charge in [-0.2, -0.15) is 0 Å². The minimum atomic E-state index is -0.281. The van der Waals surface area contributed by atoms with Gasteiger partial charge in [0.05, 0.1) is 6.10 Å². The normalized spacial score (nSPS) is 12.7. The van der Waals surface area contributed by atoms with E-state index in [1.807, 2.05) is 19.9 Å². The van der Waals surface area contributed by atoms with Gasteiger partial charge in [-0.15, -0.1) is 0 Å². The third-order valence-corrected chi connectivity index (χ3v) is 1.49. The molecule has 11 heavy (non-hydrogen) atoms. The van der Waals surface area contributed by atoms with Crippen LogP contribution in [-0.2, 0) is 0 Å². The molecule has 0 amide bonds. The number of aliphatic hydroxyl groups is 2. The Hall–Kier alpha value is -0.340. The van der Waals surface area contributed by atoms with Crippen LogP contribution in [0.2, 0.25) is 0 Å². The highest BCUT2D eigenvalue weighted by molar-refractivity contribution is 4.93. The van der Waals surface area contributed by atoms with Gasteiger partial charge in [-0.25, -0.2) is 0 Å². The first kappa shape index (κ1) is 10.7. The standard InChI is InChI=1S/C9H18O2/c1-8(2)5-6-9(11)4-3-7-10/h5,9-11H,3-4,6-7H2,1-2H3. The highest BCUT2D eigenvalue weighted by atomic mass is 16.3. The van der Waals surface area contributed by atoms with Gasteiger partial charge in [0.15, 0.2) is 0 Å². The zero-order valence-electron chi connectivity index (χ0n) is 7.38. The predicted octanol–water partition coefficient (Wildman–Crippen LogP) is 1.48. The summed E-state index contributed by atoms with van der Waals surface area (Å²) in [6.45, 7) is 4.20. The van der Waals surface area contributed by atoms with Crippen LogP contribution in [0.4, 0.5) is 0 Å². The summed E-state index contributed by atoms with van der Waals surface area (Å²) in [4.78, 5) is 0. The molecule has 2 heteroatoms. The van der Waals surface area contributed by atoms with Gasteiger partial charge in [-0.1, -0.05) is 11.6 Å². The molecule has 0 aliphatic heterocycles. The molecule has 0 aromatic carbocycles. The molecule has 0 fully saturated rings. The highest BCUT2D eigenvalue weighted by Gasteiger charge is 1.99. The summed E-state index contributed by atoms with van der Waals surface area (Å²) in [6, 6.07) is 0. The van der Waals surface area contributed by atoms with Gasteiger partial charge in [0.2, 0.25) is 0 Å². The zero-order chi connectivity index (χ0) is 8.69. The Labute approximate surface area is 68.6 Å². The molecule has 2 N–H and O–H groups in total. The van der Waals surface area contributed by atoms with Crippen molar-refractivity contribution in [1.82, 2.24) is 0 Å². The summed E-state index contributed by atoms with van der Waals surface area (Å²) >= 11 is 0. The Morgan fingerprint density at radius 2 is 2.09 bits per heavy atom. The van der Waals surface area contributed by atoms with E-state index in [0.29, 0.717) is 19.3 Å². The van der Waals surface area contributed by atoms with Crippen LogP contribution in [-0.4, -0.2) is 22.9 Å². The predicted molar refractivity (Wildman–Crippen MR) is 46.4 cm³/mol. The average Bonchev–Trinajstić information content (AvgIpc) is 1.97. The van der Waals surface area contributed by atoms with E-state index < -0.39 is 0 Å². The van der Waals surface area contributed by atoms with Gasteiger partial charge >= 0.3 is 0 Å². The first-order chi connectivity index (χ1) is 5.16. The van der Waals surface area contributed by atoms with Gasteiger partial charge in [0, 0.05) is 6.61 Å². The molecular formula is C9H18O2. The Morgan fingerprint density at radius 1 is 1.45 bits per heavy atom. The number of aliphatic hydroxyl groups excluding tert-OH is 2. The van der Waals surface area contributed by atoms with Crippen LogP contribution in [0.5, 0.6) is 0 Å². The van der Waals surface area contributed by atoms with Crippen molar-refractivity contribution in [2.24, 2.45) is 0 Å². The second-order valence-electron chi connectivity index (χ2n) is 3.04. The Bertz CT molecular complexity index is 115. The van der Waals surface area contributed by atoms with E-state index in [-0.39, 0.29) is 12.7 Å². The topological polar surface area (TPSA) is 40.5 Å². The summed E-state index contributed by atoms with van der Waals surface area (Å²) in [5.41, 5.74) is 1.23. The van der Waals surface area contributed by atoms with Crippen LogP contribution in [0.3, 0.4) is 0 Å². The number of allylic oxidation sites excluding steroid dienone is 1. The van der Waals surface area contributed by atoms with Gasteiger partial charge in [-0.3, -0.25) is 0 Å². The molecule has 1 unspecified atom stereocenters. The maximum Gasteiger partial charge on any atom is 0.0575 e. The summed E-state index contributed by atoms with van der Waals surface area (Å²) in [5, 5.41) is 17.7. The summed E-state index contributed by atoms with van der Waals surface area (Å²) in [6.07, 6.45) is 3.83. The van der Waals surface area contributed by atoms with Gasteiger partial charge in [0.25, 0.3) is 0 Å². The van der Waals surface area contributed by atoms with E-state index in [1.165, 1.54) is 5.57 Å². The first-order valence-electron chi connectivity index (χ1n) is 4.09. The molecule has 0 aromatic heterocycles. The Kier molecular flexibility index (Phi) is 6.18. The van der Waals surface area contributed by atoms with Crippen molar-refractivity contribution in [1.29, 1.82) is 0 Å². The molecule has 1 atom stereocenters. The van der Waals surface area contributed by atoms with Crippen molar-refractivity contribution in [2.45, 2.75) is 39.2 Å². The van der Waals surface area contributed by atoms with Crippen molar-refractivity contribution in [3.05, 3.63) is 11.6 Å². The van der Waals surface area contributed by atoms with Crippen LogP contribution in [0.25, 0.3) is 0 Å². The van der Waals surface area contributed by atoms with E-state index >= 15 is 0 Å². The molecule has 2 nitrogen and oxygen atoms in total. The van der Waals surface area contributed by atoms with E-state index in [9.17, 15) is 5.11 Å². The maximum atomic E-state index is 9.27. The molecule has 0 aromatic rings. The van der Waals surface area contributed by atoms with E-state index in [0.717, 1.165) is 0 Å². The van der Waals surface area contributed by atoms with Gasteiger partial charge in [-0.05, 0) is 33.1 Å². The van der Waals surface area contributed by atoms with Gasteiger partial charge < -0.3 is 10.2 Å². The highest BCUT2D eigenvalue weighted by Crippen LogP contribution is 2.03. The minimum absolute atomic E-state index is 0.173. The Balaban J connectivity index is 3.36. The summed E-state index contributed by atoms with van der Waals surface area (Å²) in [7, 11) is 0. The SMILES string of the molecule is CC(C)=CCC(O)CCCO. The van der Waals surface area contributed by atoms with Crippen molar-refractivity contribution in [3.63, 3.8) is 0 Å². The van der Waals surface area contributed by atoms with Crippen molar-refractivity contribution in [3.8, 4) is 0 Å². The molecule has 0 heterocycles. The lowest BCUT2D eigenvalue weighted by Crippen LogP contribution is -2.05. The molecule has 0 spiro atoms. The second kappa shape index (κ2) is 6.38. The van der Waals surface area contributed by atoms with Crippen LogP contribution in [0.1, 0.15) is 33.1 Å². The van der Waals surface area contributed by atoms with Crippen LogP contribution in [0, 0.1) is 0 Å². The molecule has 0 saturated heterocycles. The molecule has 0 aliphatic rings. The van der Waals surface area contributed by atoms with Crippen LogP contribution < -0.4 is 0 Å². The lowest BCUT2D eigenvalue weighted by molar-refractivity contribution is 0.152. The quantitative estimate of drug-likeness (QED) is 0.595. The second-order valence-corrected chi connectivity index (χ2v) is 3.04. The fourth-order valence-corrected chi connectivity index (χ4v) is 0.817. The average molecular weight is 158 g/mol. The molecule has 0 radical (unpaired) electrons. The zero-order valence-corrected chi connectivity index (χ0v) is 7.38. The molecule has 0 aliphatic carbocycles. The van der Waals surface area contributed by atoms with Gasteiger partial charge in [0.1, 0.15) is 0 Å². The lowest BCUT2D eigenvalue weighted by atomic mass is 10.1. The Morgan fingerprint density at radius 3 is 2.55 bits per heavy atom. The van der Waals surface area contributed by atoms with Crippen LogP contribution >= 0.6 is 0 Å². The fraction of sp³-hybridized carbons (Fsp3) is 0.778. The third kappa shape index (κ3) is 7.56. The van der Waals surface area contributed by atoms with E-state index in [1.54, 1.807) is 0 Å². The third-order valence-electron chi connectivity index (χ3n) is 1.49. The van der Waals surface area contributed by atoms with Crippen molar-refractivity contribution >= 4 is 0 Å². The van der Waals surface area contributed by atoms with E-state index in [2.05, 4.69) is 0 Å². The smallest absolute Gasteiger partial charge is 0.0575 e. The number of hydrogen-bond donors (Lipinski definition) is 2. The summed E-state index contributed by atoms with van der Waals surface area (Å²) in [5.74, 6) is 0. The fourth-order valence-electron chi connectivity index (χ4n) is 0.817. The number of hydrogen-bond acceptors (Lipinski definition) is 2. The molecule has 0 saturated carbocycles. The maximum absolute atomic E-state index is 9.27. The molecule has 0 bridgehead atoms. The molecule has 66 valence electrons. The monoisotopic (exact) mass is 158 g/mol. The van der Waals surface area contributed by atoms with Crippen LogP contribution in [0.15, 0.2) is 11.6 Å². The molecule has 0 rings (SSSR count). The first-order valence-corrected chi connectivity index (χ1v) is 4.09. The molecular weight excluding hydrogens is 140 g/mol. The number of rotatable bonds is 5. The largest absolute Gasteiger partial charge is 0.396 e. The van der Waals surface area contributed by atoms with Crippen molar-refractivity contribution < 1.29 is 10.2 Å². The van der Waals surface area contributed by atoms with Crippen molar-refractivity contribution in [2.75, 3.05) is 6.61 Å². The lowest BCUT2D eigenvalue weighted by Gasteiger charge is -2.05. The summed E-state index contributed by atoms with van der Waals surface area (Å²) < 4.78 is 0.